The molecule has 2 rings (SSSR count). The zero-order valence-corrected chi connectivity index (χ0v) is 10.5. The summed E-state index contributed by atoms with van der Waals surface area (Å²) < 4.78 is 10.8. The maximum absolute atomic E-state index is 11.3. The second-order valence-corrected chi connectivity index (χ2v) is 3.92. The van der Waals surface area contributed by atoms with Gasteiger partial charge in [-0.15, -0.1) is 0 Å². The number of H-pyrrole nitrogens is 1. The normalized spacial score (nSPS) is 10.0. The predicted molar refractivity (Wildman–Crippen MR) is 65.6 cm³/mol. The maximum atomic E-state index is 11.3. The van der Waals surface area contributed by atoms with Crippen molar-refractivity contribution in [3.8, 4) is 17.4 Å². The van der Waals surface area contributed by atoms with Crippen molar-refractivity contribution >= 4 is 15.9 Å². The highest BCUT2D eigenvalue weighted by molar-refractivity contribution is 9.10. The van der Waals surface area contributed by atoms with Gasteiger partial charge in [-0.05, 0) is 28.1 Å². The number of nitrogens with one attached hydrogen (secondary N) is 1. The summed E-state index contributed by atoms with van der Waals surface area (Å²) in [4.78, 5) is 17.7. The van der Waals surface area contributed by atoms with Gasteiger partial charge in [-0.3, -0.25) is 4.79 Å². The van der Waals surface area contributed by atoms with Crippen LogP contribution in [0.3, 0.4) is 0 Å². The lowest BCUT2D eigenvalue weighted by Gasteiger charge is -2.06. The lowest BCUT2D eigenvalue weighted by atomic mass is 10.3. The van der Waals surface area contributed by atoms with Crippen molar-refractivity contribution in [2.45, 2.75) is 0 Å². The van der Waals surface area contributed by atoms with E-state index >= 15 is 0 Å². The van der Waals surface area contributed by atoms with E-state index in [1.807, 2.05) is 0 Å². The van der Waals surface area contributed by atoms with Crippen LogP contribution in [0, 0.1) is 0 Å². The Bertz CT molecular complexity index is 583. The average molecular weight is 297 g/mol. The quantitative estimate of drug-likeness (QED) is 0.944. The molecule has 0 aliphatic rings. The zero-order valence-electron chi connectivity index (χ0n) is 8.94. The van der Waals surface area contributed by atoms with Crippen LogP contribution in [0.5, 0.6) is 17.4 Å². The molecule has 0 atom stereocenters. The molecule has 0 radical (unpaired) electrons. The SMILES string of the molecule is COc1cccc(Oc2nc[nH]c(=O)c2Br)c1. The van der Waals surface area contributed by atoms with Gasteiger partial charge < -0.3 is 14.5 Å². The number of benzene rings is 1. The molecule has 1 aromatic heterocycles. The molecular weight excluding hydrogens is 288 g/mol. The summed E-state index contributed by atoms with van der Waals surface area (Å²) in [5.41, 5.74) is -0.294. The molecule has 88 valence electrons. The molecule has 0 fully saturated rings. The monoisotopic (exact) mass is 296 g/mol. The average Bonchev–Trinajstić information content (AvgIpc) is 2.35. The molecule has 1 N–H and O–H groups in total. The summed E-state index contributed by atoms with van der Waals surface area (Å²) in [6.45, 7) is 0. The standard InChI is InChI=1S/C11H9BrN2O3/c1-16-7-3-2-4-8(5-7)17-11-9(12)10(15)13-6-14-11/h2-6H,1H3,(H,13,14,15). The Labute approximate surface area is 106 Å². The largest absolute Gasteiger partial charge is 0.497 e. The van der Waals surface area contributed by atoms with Crippen molar-refractivity contribution in [3.63, 3.8) is 0 Å². The minimum atomic E-state index is -0.294. The van der Waals surface area contributed by atoms with Crippen molar-refractivity contribution in [1.82, 2.24) is 9.97 Å². The van der Waals surface area contributed by atoms with Gasteiger partial charge in [0.15, 0.2) is 0 Å². The lowest BCUT2D eigenvalue weighted by Crippen LogP contribution is -2.08. The highest BCUT2D eigenvalue weighted by Gasteiger charge is 2.08. The van der Waals surface area contributed by atoms with Gasteiger partial charge in [-0.2, -0.15) is 0 Å². The lowest BCUT2D eigenvalue weighted by molar-refractivity contribution is 0.406. The number of nitrogens with zero attached hydrogens (tertiary/aromatic N) is 1. The first-order chi connectivity index (χ1) is 8.20. The Kier molecular flexibility index (Phi) is 3.43. The molecule has 5 nitrogen and oxygen atoms in total. The first-order valence-corrected chi connectivity index (χ1v) is 5.55. The van der Waals surface area contributed by atoms with Crippen LogP contribution in [0.1, 0.15) is 0 Å². The van der Waals surface area contributed by atoms with Gasteiger partial charge in [-0.25, -0.2) is 4.98 Å². The summed E-state index contributed by atoms with van der Waals surface area (Å²) in [5.74, 6) is 1.42. The number of hydrogen-bond donors (Lipinski definition) is 1. The van der Waals surface area contributed by atoms with E-state index in [4.69, 9.17) is 9.47 Å². The summed E-state index contributed by atoms with van der Waals surface area (Å²) in [5, 5.41) is 0. The van der Waals surface area contributed by atoms with Crippen LogP contribution >= 0.6 is 15.9 Å². The van der Waals surface area contributed by atoms with E-state index in [0.29, 0.717) is 11.5 Å². The van der Waals surface area contributed by atoms with E-state index in [0.717, 1.165) is 0 Å². The van der Waals surface area contributed by atoms with Crippen molar-refractivity contribution in [3.05, 3.63) is 45.4 Å². The molecule has 0 aliphatic heterocycles. The maximum Gasteiger partial charge on any atom is 0.268 e. The minimum Gasteiger partial charge on any atom is -0.497 e. The van der Waals surface area contributed by atoms with E-state index < -0.39 is 0 Å². The third-order valence-electron chi connectivity index (χ3n) is 2.02. The van der Waals surface area contributed by atoms with Crippen LogP contribution in [0.2, 0.25) is 0 Å². The molecule has 0 saturated heterocycles. The van der Waals surface area contributed by atoms with Gasteiger partial charge >= 0.3 is 0 Å². The molecule has 0 spiro atoms. The number of aromatic nitrogens is 2. The highest BCUT2D eigenvalue weighted by atomic mass is 79.9. The molecule has 0 saturated carbocycles. The summed E-state index contributed by atoms with van der Waals surface area (Å²) in [6, 6.07) is 7.04. The Morgan fingerprint density at radius 1 is 1.35 bits per heavy atom. The van der Waals surface area contributed by atoms with Gasteiger partial charge in [0.1, 0.15) is 16.0 Å². The van der Waals surface area contributed by atoms with Gasteiger partial charge in [0.2, 0.25) is 5.88 Å². The van der Waals surface area contributed by atoms with Gasteiger partial charge in [0.05, 0.1) is 13.4 Å². The molecule has 6 heteroatoms. The van der Waals surface area contributed by atoms with Crippen LogP contribution in [0.15, 0.2) is 39.9 Å². The summed E-state index contributed by atoms with van der Waals surface area (Å²) in [6.07, 6.45) is 1.28. The van der Waals surface area contributed by atoms with Crippen molar-refractivity contribution < 1.29 is 9.47 Å². The van der Waals surface area contributed by atoms with Crippen LogP contribution in [-0.2, 0) is 0 Å². The first-order valence-electron chi connectivity index (χ1n) is 4.76. The summed E-state index contributed by atoms with van der Waals surface area (Å²) >= 11 is 3.11. The van der Waals surface area contributed by atoms with Crippen molar-refractivity contribution in [2.75, 3.05) is 7.11 Å². The molecule has 0 amide bonds. The number of ether oxygens (including phenoxy) is 2. The zero-order chi connectivity index (χ0) is 12.3. The molecule has 2 aromatic rings. The predicted octanol–water partition coefficient (Wildman–Crippen LogP) is 2.33. The summed E-state index contributed by atoms with van der Waals surface area (Å²) in [7, 11) is 1.57. The van der Waals surface area contributed by atoms with E-state index in [2.05, 4.69) is 25.9 Å². The van der Waals surface area contributed by atoms with E-state index in [-0.39, 0.29) is 15.9 Å². The Morgan fingerprint density at radius 2 is 2.12 bits per heavy atom. The van der Waals surface area contributed by atoms with E-state index in [1.165, 1.54) is 6.33 Å². The van der Waals surface area contributed by atoms with E-state index in [1.54, 1.807) is 31.4 Å². The molecule has 1 aromatic carbocycles. The molecule has 0 aliphatic carbocycles. The van der Waals surface area contributed by atoms with Gasteiger partial charge in [0.25, 0.3) is 5.56 Å². The molecular formula is C11H9BrN2O3. The number of hydrogen-bond acceptors (Lipinski definition) is 4. The van der Waals surface area contributed by atoms with Crippen molar-refractivity contribution in [1.29, 1.82) is 0 Å². The van der Waals surface area contributed by atoms with Gasteiger partial charge in [-0.1, -0.05) is 6.07 Å². The number of methoxy groups -OCH3 is 1. The molecule has 1 heterocycles. The van der Waals surface area contributed by atoms with Crippen molar-refractivity contribution in [2.24, 2.45) is 0 Å². The number of rotatable bonds is 3. The Hall–Kier alpha value is -1.82. The Morgan fingerprint density at radius 3 is 2.88 bits per heavy atom. The van der Waals surface area contributed by atoms with E-state index in [9.17, 15) is 4.79 Å². The fourth-order valence-electron chi connectivity index (χ4n) is 1.21. The molecule has 17 heavy (non-hydrogen) atoms. The topological polar surface area (TPSA) is 64.2 Å². The smallest absolute Gasteiger partial charge is 0.268 e. The number of aromatic amines is 1. The molecule has 0 unspecified atom stereocenters. The van der Waals surface area contributed by atoms with Crippen LogP contribution in [0.4, 0.5) is 0 Å². The first kappa shape index (κ1) is 11.7. The van der Waals surface area contributed by atoms with Crippen LogP contribution in [0.25, 0.3) is 0 Å². The number of halogens is 1. The second kappa shape index (κ2) is 5.01. The Balaban J connectivity index is 2.31. The van der Waals surface area contributed by atoms with Gasteiger partial charge in [0, 0.05) is 6.07 Å². The van der Waals surface area contributed by atoms with Crippen LogP contribution < -0.4 is 15.0 Å². The molecule has 0 bridgehead atoms. The fraction of sp³-hybridized carbons (Fsp3) is 0.0909. The fourth-order valence-corrected chi connectivity index (χ4v) is 1.51. The third kappa shape index (κ3) is 2.65. The third-order valence-corrected chi connectivity index (χ3v) is 2.72. The van der Waals surface area contributed by atoms with Crippen LogP contribution in [-0.4, -0.2) is 17.1 Å². The second-order valence-electron chi connectivity index (χ2n) is 3.13. The minimum absolute atomic E-state index is 0.210. The highest BCUT2D eigenvalue weighted by Crippen LogP contribution is 2.26.